The highest BCUT2D eigenvalue weighted by molar-refractivity contribution is 5.90. The van der Waals surface area contributed by atoms with Gasteiger partial charge in [0.2, 0.25) is 11.8 Å². The summed E-state index contributed by atoms with van der Waals surface area (Å²) in [6.07, 6.45) is 1.11. The molecule has 0 saturated carbocycles. The number of β-amino-alcohol motifs (C(OH)–C–C–N with tert-alkyl or cyclic N) is 1. The van der Waals surface area contributed by atoms with Crippen molar-refractivity contribution in [3.63, 3.8) is 0 Å². The Morgan fingerprint density at radius 1 is 1.35 bits per heavy atom. The van der Waals surface area contributed by atoms with Crippen LogP contribution >= 0.6 is 0 Å². The van der Waals surface area contributed by atoms with Crippen LogP contribution in [-0.2, 0) is 16.1 Å². The molecule has 2 amide bonds. The summed E-state index contributed by atoms with van der Waals surface area (Å²) in [6.45, 7) is 6.11. The molecule has 1 aliphatic heterocycles. The number of halogens is 1. The molecule has 2 aromatic rings. The zero-order valence-corrected chi connectivity index (χ0v) is 18.2. The number of rotatable bonds is 6. The molecule has 1 aromatic carbocycles. The van der Waals surface area contributed by atoms with Crippen LogP contribution in [0.15, 0.2) is 30.5 Å². The van der Waals surface area contributed by atoms with Crippen LogP contribution in [0.5, 0.6) is 0 Å². The van der Waals surface area contributed by atoms with Crippen molar-refractivity contribution in [2.75, 3.05) is 18.9 Å². The molecular formula is C21H29FN6O3. The normalized spacial score (nSPS) is 19.9. The number of nitrogens with one attached hydrogen (secondary N) is 2. The quantitative estimate of drug-likeness (QED) is 0.635. The number of amides is 2. The summed E-state index contributed by atoms with van der Waals surface area (Å²) in [5.41, 5.74) is 0.659. The number of carbonyl (C=O) groups excluding carboxylic acids is 2. The molecule has 0 radical (unpaired) electrons. The van der Waals surface area contributed by atoms with Crippen LogP contribution in [0.3, 0.4) is 0 Å². The van der Waals surface area contributed by atoms with Crippen molar-refractivity contribution >= 4 is 17.5 Å². The largest absolute Gasteiger partial charge is 0.391 e. The predicted octanol–water partition coefficient (Wildman–Crippen LogP) is 1.32. The highest BCUT2D eigenvalue weighted by Crippen LogP contribution is 2.34. The van der Waals surface area contributed by atoms with Gasteiger partial charge in [0, 0.05) is 25.7 Å². The Morgan fingerprint density at radius 2 is 2.10 bits per heavy atom. The zero-order valence-electron chi connectivity index (χ0n) is 18.2. The number of likely N-dealkylation sites (N-methyl/N-ethyl adjacent to an activating group) is 1. The molecule has 9 nitrogen and oxygen atoms in total. The highest BCUT2D eigenvalue weighted by Gasteiger charge is 2.44. The molecule has 2 heterocycles. The number of hydrogen-bond donors (Lipinski definition) is 3. The first-order chi connectivity index (χ1) is 14.6. The summed E-state index contributed by atoms with van der Waals surface area (Å²) in [5.74, 6) is -0.950. The minimum atomic E-state index is -0.756. The average molecular weight is 433 g/mol. The molecule has 2 unspecified atom stereocenters. The van der Waals surface area contributed by atoms with E-state index >= 15 is 0 Å². The van der Waals surface area contributed by atoms with E-state index in [4.69, 9.17) is 0 Å². The monoisotopic (exact) mass is 432 g/mol. The number of aromatic nitrogens is 3. The van der Waals surface area contributed by atoms with Crippen molar-refractivity contribution in [2.45, 2.75) is 51.9 Å². The van der Waals surface area contributed by atoms with Crippen LogP contribution in [0.2, 0.25) is 0 Å². The molecule has 1 aliphatic rings. The maximum atomic E-state index is 13.5. The molecule has 0 spiro atoms. The van der Waals surface area contributed by atoms with Gasteiger partial charge >= 0.3 is 0 Å². The lowest BCUT2D eigenvalue weighted by Gasteiger charge is -2.34. The van der Waals surface area contributed by atoms with Gasteiger partial charge in [-0.1, -0.05) is 32.1 Å². The van der Waals surface area contributed by atoms with Crippen LogP contribution in [0.25, 0.3) is 0 Å². The topological polar surface area (TPSA) is 112 Å². The van der Waals surface area contributed by atoms with E-state index in [0.29, 0.717) is 17.9 Å². The van der Waals surface area contributed by atoms with Crippen LogP contribution in [0, 0.1) is 11.2 Å². The van der Waals surface area contributed by atoms with Crippen molar-refractivity contribution in [1.29, 1.82) is 0 Å². The minimum Gasteiger partial charge on any atom is -0.391 e. The molecule has 10 heteroatoms. The van der Waals surface area contributed by atoms with E-state index in [1.165, 1.54) is 28.8 Å². The molecule has 168 valence electrons. The zero-order chi connectivity index (χ0) is 22.8. The third-order valence-electron chi connectivity index (χ3n) is 5.29. The Balaban J connectivity index is 1.80. The lowest BCUT2D eigenvalue weighted by Crippen LogP contribution is -2.49. The summed E-state index contributed by atoms with van der Waals surface area (Å²) in [5, 5.41) is 24.0. The third kappa shape index (κ3) is 5.19. The second kappa shape index (κ2) is 9.01. The first-order valence-corrected chi connectivity index (χ1v) is 10.2. The van der Waals surface area contributed by atoms with E-state index in [9.17, 15) is 19.1 Å². The summed E-state index contributed by atoms with van der Waals surface area (Å²) >= 11 is 0. The van der Waals surface area contributed by atoms with Gasteiger partial charge in [0.05, 0.1) is 18.8 Å². The standard InChI is InChI=1S/C21H29FN6O3/c1-21(2,3)18(20(31)27-12-16(29)9-17(27)19(30)23-4)28-11-15(25-26-28)10-24-14-7-5-6-13(22)8-14/h5-8,11,16-18,24,29H,9-10,12H2,1-4H3,(H,23,30)/t16?,17?,18-/m1/s1. The Bertz CT molecular complexity index is 941. The molecule has 1 aromatic heterocycles. The van der Waals surface area contributed by atoms with Gasteiger partial charge < -0.3 is 20.6 Å². The maximum Gasteiger partial charge on any atom is 0.248 e. The molecule has 3 N–H and O–H groups in total. The van der Waals surface area contributed by atoms with E-state index in [-0.39, 0.29) is 30.6 Å². The Morgan fingerprint density at radius 3 is 2.74 bits per heavy atom. The lowest BCUT2D eigenvalue weighted by atomic mass is 9.85. The van der Waals surface area contributed by atoms with Crippen LogP contribution < -0.4 is 10.6 Å². The number of carbonyl (C=O) groups is 2. The van der Waals surface area contributed by atoms with Gasteiger partial charge in [-0.05, 0) is 23.6 Å². The summed E-state index contributed by atoms with van der Waals surface area (Å²) in [4.78, 5) is 27.2. The van der Waals surface area contributed by atoms with Gasteiger partial charge in [0.15, 0.2) is 0 Å². The molecule has 1 saturated heterocycles. The number of benzene rings is 1. The number of aliphatic hydroxyl groups excluding tert-OH is 1. The molecule has 3 atom stereocenters. The fourth-order valence-corrected chi connectivity index (χ4v) is 3.82. The third-order valence-corrected chi connectivity index (χ3v) is 5.29. The van der Waals surface area contributed by atoms with Crippen molar-refractivity contribution < 1.29 is 19.1 Å². The highest BCUT2D eigenvalue weighted by atomic mass is 19.1. The first-order valence-electron chi connectivity index (χ1n) is 10.2. The lowest BCUT2D eigenvalue weighted by molar-refractivity contribution is -0.144. The van der Waals surface area contributed by atoms with E-state index < -0.39 is 23.6 Å². The van der Waals surface area contributed by atoms with E-state index in [2.05, 4.69) is 20.9 Å². The number of nitrogens with zero attached hydrogens (tertiary/aromatic N) is 4. The van der Waals surface area contributed by atoms with Gasteiger partial charge in [-0.2, -0.15) is 0 Å². The SMILES string of the molecule is CNC(=O)C1CC(O)CN1C(=O)[C@@H](n1cc(CNc2cccc(F)c2)nn1)C(C)(C)C. The molecule has 0 bridgehead atoms. The van der Waals surface area contributed by atoms with Crippen LogP contribution in [0.1, 0.15) is 38.9 Å². The predicted molar refractivity (Wildman–Crippen MR) is 112 cm³/mol. The van der Waals surface area contributed by atoms with E-state index in [1.54, 1.807) is 18.3 Å². The van der Waals surface area contributed by atoms with Gasteiger partial charge in [0.1, 0.15) is 23.6 Å². The minimum absolute atomic E-state index is 0.0895. The van der Waals surface area contributed by atoms with E-state index in [0.717, 1.165) is 0 Å². The second-order valence-corrected chi connectivity index (χ2v) is 8.83. The molecule has 3 rings (SSSR count). The molecule has 0 aliphatic carbocycles. The number of hydrogen-bond acceptors (Lipinski definition) is 6. The van der Waals surface area contributed by atoms with Gasteiger partial charge in [0.25, 0.3) is 0 Å². The first kappa shape index (κ1) is 22.7. The fourth-order valence-electron chi connectivity index (χ4n) is 3.82. The van der Waals surface area contributed by atoms with Gasteiger partial charge in [-0.3, -0.25) is 9.59 Å². The van der Waals surface area contributed by atoms with Crippen LogP contribution in [-0.4, -0.2) is 62.6 Å². The Labute approximate surface area is 180 Å². The van der Waals surface area contributed by atoms with Crippen LogP contribution in [0.4, 0.5) is 10.1 Å². The maximum absolute atomic E-state index is 13.5. The van der Waals surface area contributed by atoms with Crippen molar-refractivity contribution in [3.8, 4) is 0 Å². The Hall–Kier alpha value is -3.01. The Kier molecular flexibility index (Phi) is 6.59. The summed E-state index contributed by atoms with van der Waals surface area (Å²) < 4.78 is 14.8. The van der Waals surface area contributed by atoms with Gasteiger partial charge in [-0.15, -0.1) is 5.10 Å². The fraction of sp³-hybridized carbons (Fsp3) is 0.524. The smallest absolute Gasteiger partial charge is 0.248 e. The van der Waals surface area contributed by atoms with Crippen molar-refractivity contribution in [1.82, 2.24) is 25.2 Å². The second-order valence-electron chi connectivity index (χ2n) is 8.83. The summed E-state index contributed by atoms with van der Waals surface area (Å²) in [7, 11) is 1.51. The van der Waals surface area contributed by atoms with Gasteiger partial charge in [-0.25, -0.2) is 9.07 Å². The molecular weight excluding hydrogens is 403 g/mol. The molecule has 1 fully saturated rings. The van der Waals surface area contributed by atoms with Crippen molar-refractivity contribution in [3.05, 3.63) is 42.0 Å². The number of aliphatic hydroxyl groups is 1. The molecule has 31 heavy (non-hydrogen) atoms. The summed E-state index contributed by atoms with van der Waals surface area (Å²) in [6, 6.07) is 4.64. The number of anilines is 1. The van der Waals surface area contributed by atoms with Crippen molar-refractivity contribution in [2.24, 2.45) is 5.41 Å². The number of likely N-dealkylation sites (tertiary alicyclic amines) is 1. The average Bonchev–Trinajstić information content (AvgIpc) is 3.31. The van der Waals surface area contributed by atoms with E-state index in [1.807, 2.05) is 20.8 Å².